The molecule has 3 saturated heterocycles. The van der Waals surface area contributed by atoms with E-state index in [9.17, 15) is 19.7 Å². The van der Waals surface area contributed by atoms with Gasteiger partial charge in [-0.2, -0.15) is 0 Å². The number of nitrogens with zero attached hydrogens (tertiary/aromatic N) is 1. The molecule has 0 aliphatic carbocycles. The van der Waals surface area contributed by atoms with Gasteiger partial charge in [0.2, 0.25) is 5.91 Å². The second-order valence-corrected chi connectivity index (χ2v) is 6.51. The molecule has 0 radical (unpaired) electrons. The molecule has 0 aromatic heterocycles. The number of rotatable bonds is 6. The van der Waals surface area contributed by atoms with E-state index < -0.39 is 35.5 Å². The molecule has 0 saturated carbocycles. The zero-order chi connectivity index (χ0) is 17.1. The minimum atomic E-state index is -0.899. The maximum atomic E-state index is 11.9. The first-order chi connectivity index (χ1) is 11.5. The Balaban J connectivity index is 1.42. The van der Waals surface area contributed by atoms with Crippen LogP contribution in [0.3, 0.4) is 0 Å². The standard InChI is InChI=1S/C12H17N3O8S/c16-9(1-13-12(17)6-4-24-5-14-6)22-7-2-20-11-8(23-15(18)19)3-21-10(7)11/h6-8,10-11,14H,1-5H2,(H,13,17)/t6-,7-,8+,10+,11+/m0/s1. The highest BCUT2D eigenvalue weighted by molar-refractivity contribution is 7.99. The number of ether oxygens (including phenoxy) is 3. The molecule has 24 heavy (non-hydrogen) atoms. The van der Waals surface area contributed by atoms with Crippen LogP contribution in [0.4, 0.5) is 0 Å². The van der Waals surface area contributed by atoms with E-state index in [1.165, 1.54) is 0 Å². The van der Waals surface area contributed by atoms with Crippen molar-refractivity contribution in [2.24, 2.45) is 0 Å². The molecule has 3 fully saturated rings. The fraction of sp³-hybridized carbons (Fsp3) is 0.833. The third kappa shape index (κ3) is 3.88. The molecule has 3 rings (SSSR count). The summed E-state index contributed by atoms with van der Waals surface area (Å²) in [7, 11) is 0. The van der Waals surface area contributed by atoms with Gasteiger partial charge in [0.1, 0.15) is 18.8 Å². The van der Waals surface area contributed by atoms with Crippen molar-refractivity contribution in [3.05, 3.63) is 10.1 Å². The van der Waals surface area contributed by atoms with Crippen LogP contribution in [0.1, 0.15) is 0 Å². The summed E-state index contributed by atoms with van der Waals surface area (Å²) in [5.74, 6) is 0.488. The lowest BCUT2D eigenvalue weighted by Gasteiger charge is -2.17. The summed E-state index contributed by atoms with van der Waals surface area (Å²) in [6.07, 6.45) is -2.77. The maximum Gasteiger partial charge on any atom is 0.325 e. The molecule has 0 unspecified atom stereocenters. The van der Waals surface area contributed by atoms with Gasteiger partial charge in [-0.15, -0.1) is 21.9 Å². The first kappa shape index (κ1) is 17.2. The lowest BCUT2D eigenvalue weighted by molar-refractivity contribution is -0.769. The number of thioether (sulfide) groups is 1. The maximum absolute atomic E-state index is 11.9. The van der Waals surface area contributed by atoms with E-state index in [2.05, 4.69) is 15.5 Å². The smallest absolute Gasteiger partial charge is 0.325 e. The minimum Gasteiger partial charge on any atom is -0.456 e. The molecule has 0 spiro atoms. The van der Waals surface area contributed by atoms with Gasteiger partial charge >= 0.3 is 5.97 Å². The van der Waals surface area contributed by atoms with Gasteiger partial charge < -0.3 is 24.4 Å². The molecule has 0 aromatic carbocycles. The summed E-state index contributed by atoms with van der Waals surface area (Å²) in [5, 5.41) is 15.0. The van der Waals surface area contributed by atoms with Crippen LogP contribution in [0.15, 0.2) is 0 Å². The van der Waals surface area contributed by atoms with Crippen LogP contribution in [0.25, 0.3) is 0 Å². The molecule has 2 N–H and O–H groups in total. The summed E-state index contributed by atoms with van der Waals surface area (Å²) in [6.45, 7) is -0.204. The van der Waals surface area contributed by atoms with Crippen molar-refractivity contribution in [1.82, 2.24) is 10.6 Å². The number of carbonyl (C=O) groups excluding carboxylic acids is 2. The van der Waals surface area contributed by atoms with Crippen LogP contribution in [-0.4, -0.2) is 78.8 Å². The molecule has 5 atom stereocenters. The normalized spacial score (nSPS) is 34.6. The number of esters is 1. The molecular formula is C12H17N3O8S. The lowest BCUT2D eigenvalue weighted by atomic mass is 10.1. The van der Waals surface area contributed by atoms with Crippen LogP contribution in [0, 0.1) is 10.1 Å². The van der Waals surface area contributed by atoms with Gasteiger partial charge in [-0.3, -0.25) is 14.9 Å². The molecule has 11 nitrogen and oxygen atoms in total. The van der Waals surface area contributed by atoms with E-state index >= 15 is 0 Å². The molecule has 1 amide bonds. The zero-order valence-electron chi connectivity index (χ0n) is 12.5. The van der Waals surface area contributed by atoms with Gasteiger partial charge in [-0.25, -0.2) is 0 Å². The van der Waals surface area contributed by atoms with E-state index in [4.69, 9.17) is 14.2 Å². The monoisotopic (exact) mass is 363 g/mol. The average molecular weight is 363 g/mol. The van der Waals surface area contributed by atoms with Crippen molar-refractivity contribution >= 4 is 23.6 Å². The van der Waals surface area contributed by atoms with Crippen molar-refractivity contribution in [1.29, 1.82) is 0 Å². The third-order valence-corrected chi connectivity index (χ3v) is 4.85. The Morgan fingerprint density at radius 3 is 2.67 bits per heavy atom. The largest absolute Gasteiger partial charge is 0.456 e. The van der Waals surface area contributed by atoms with Crippen molar-refractivity contribution in [3.63, 3.8) is 0 Å². The van der Waals surface area contributed by atoms with Crippen molar-refractivity contribution in [3.8, 4) is 0 Å². The predicted octanol–water partition coefficient (Wildman–Crippen LogP) is -1.95. The third-order valence-electron chi connectivity index (χ3n) is 3.91. The Bertz CT molecular complexity index is 515. The van der Waals surface area contributed by atoms with Crippen LogP contribution in [0.5, 0.6) is 0 Å². The quantitative estimate of drug-likeness (QED) is 0.311. The Morgan fingerprint density at radius 1 is 1.29 bits per heavy atom. The van der Waals surface area contributed by atoms with Crippen molar-refractivity contribution in [2.45, 2.75) is 30.5 Å². The molecule has 134 valence electrons. The van der Waals surface area contributed by atoms with E-state index in [1.54, 1.807) is 11.8 Å². The summed E-state index contributed by atoms with van der Waals surface area (Å²) in [6, 6.07) is -0.305. The number of nitrogens with one attached hydrogen (secondary N) is 2. The Hall–Kier alpha value is -1.63. The Labute approximate surface area is 140 Å². The topological polar surface area (TPSA) is 138 Å². The summed E-state index contributed by atoms with van der Waals surface area (Å²) in [4.78, 5) is 38.5. The molecule has 3 heterocycles. The SMILES string of the molecule is O=C(CNC(=O)[C@@H]1CSCN1)O[C@H]1CO[C@H]2[C@@H]1OC[C@H]2O[N+](=O)[O-]. The Morgan fingerprint density at radius 2 is 2.00 bits per heavy atom. The van der Waals surface area contributed by atoms with Gasteiger partial charge in [0, 0.05) is 11.6 Å². The molecular weight excluding hydrogens is 346 g/mol. The van der Waals surface area contributed by atoms with E-state index in [0.717, 1.165) is 0 Å². The molecule has 0 aromatic rings. The van der Waals surface area contributed by atoms with E-state index in [1.807, 2.05) is 0 Å². The molecule has 0 bridgehead atoms. The number of hydrogen-bond donors (Lipinski definition) is 2. The summed E-state index contributed by atoms with van der Waals surface area (Å²) >= 11 is 1.60. The van der Waals surface area contributed by atoms with E-state index in [0.29, 0.717) is 11.6 Å². The average Bonchev–Trinajstić information content (AvgIpc) is 3.25. The van der Waals surface area contributed by atoms with Gasteiger partial charge in [0.15, 0.2) is 12.2 Å². The van der Waals surface area contributed by atoms with E-state index in [-0.39, 0.29) is 31.7 Å². The highest BCUT2D eigenvalue weighted by atomic mass is 32.2. The number of fused-ring (bicyclic) bond motifs is 1. The molecule has 12 heteroatoms. The van der Waals surface area contributed by atoms with Gasteiger partial charge in [0.25, 0.3) is 5.09 Å². The van der Waals surface area contributed by atoms with Crippen molar-refractivity contribution < 1.29 is 33.7 Å². The van der Waals surface area contributed by atoms with Gasteiger partial charge in [0.05, 0.1) is 19.3 Å². The summed E-state index contributed by atoms with van der Waals surface area (Å²) < 4.78 is 16.0. The summed E-state index contributed by atoms with van der Waals surface area (Å²) in [5.41, 5.74) is 0. The van der Waals surface area contributed by atoms with Crippen LogP contribution < -0.4 is 10.6 Å². The first-order valence-electron chi connectivity index (χ1n) is 7.37. The lowest BCUT2D eigenvalue weighted by Crippen LogP contribution is -2.45. The molecule has 3 aliphatic rings. The van der Waals surface area contributed by atoms with Gasteiger partial charge in [-0.05, 0) is 0 Å². The predicted molar refractivity (Wildman–Crippen MR) is 78.5 cm³/mol. The minimum absolute atomic E-state index is 0.00782. The number of hydrogen-bond acceptors (Lipinski definition) is 10. The second kappa shape index (κ2) is 7.51. The zero-order valence-corrected chi connectivity index (χ0v) is 13.4. The number of carbonyl (C=O) groups is 2. The molecule has 3 aliphatic heterocycles. The van der Waals surface area contributed by atoms with Crippen molar-refractivity contribution in [2.75, 3.05) is 31.4 Å². The number of amides is 1. The first-order valence-corrected chi connectivity index (χ1v) is 8.53. The van der Waals surface area contributed by atoms with Crippen LogP contribution in [0.2, 0.25) is 0 Å². The fourth-order valence-electron chi connectivity index (χ4n) is 2.79. The van der Waals surface area contributed by atoms with Gasteiger partial charge in [-0.1, -0.05) is 0 Å². The van der Waals surface area contributed by atoms with Crippen LogP contribution >= 0.6 is 11.8 Å². The fourth-order valence-corrected chi connectivity index (χ4v) is 3.73. The van der Waals surface area contributed by atoms with Crippen LogP contribution in [-0.2, 0) is 28.6 Å². The highest BCUT2D eigenvalue weighted by Crippen LogP contribution is 2.30. The highest BCUT2D eigenvalue weighted by Gasteiger charge is 2.51. The Kier molecular flexibility index (Phi) is 5.38. The second-order valence-electron chi connectivity index (χ2n) is 5.48.